The highest BCUT2D eigenvalue weighted by Crippen LogP contribution is 2.82. The van der Waals surface area contributed by atoms with E-state index in [4.69, 9.17) is 14.2 Å². The Kier molecular flexibility index (Phi) is 10.8. The van der Waals surface area contributed by atoms with Gasteiger partial charge in [0.2, 0.25) is 0 Å². The Labute approximate surface area is 354 Å². The molecule has 5 aromatic carbocycles. The molecule has 9 rings (SSSR count). The smallest absolute Gasteiger partial charge is 0.163 e. The van der Waals surface area contributed by atoms with Gasteiger partial charge >= 0.3 is 0 Å². The Morgan fingerprint density at radius 2 is 0.895 bits per heavy atom. The second-order valence-electron chi connectivity index (χ2n) is 16.1. The number of hydrogen-bond acceptors (Lipinski definition) is 4. The third kappa shape index (κ3) is 5.79. The zero-order valence-corrected chi connectivity index (χ0v) is 36.0. The molecule has 0 aromatic heterocycles. The lowest BCUT2D eigenvalue weighted by Crippen LogP contribution is -2.42. The number of unbranched alkanes of at least 4 members (excludes halogenated alkanes) is 6. The molecule has 57 heavy (non-hydrogen) atoms. The van der Waals surface area contributed by atoms with Crippen molar-refractivity contribution in [1.82, 2.24) is 0 Å². The second kappa shape index (κ2) is 16.0. The van der Waals surface area contributed by atoms with Crippen LogP contribution in [0, 0.1) is 11.8 Å². The Hall–Kier alpha value is -3.97. The van der Waals surface area contributed by atoms with E-state index in [2.05, 4.69) is 167 Å². The summed E-state index contributed by atoms with van der Waals surface area (Å²) in [5, 5.41) is 0. The summed E-state index contributed by atoms with van der Waals surface area (Å²) in [5.74, 6) is 1.39. The minimum Gasteiger partial charge on any atom is -0.492 e. The average Bonchev–Trinajstić information content (AvgIpc) is 3.96. The summed E-state index contributed by atoms with van der Waals surface area (Å²) < 4.78 is 22.9. The molecule has 6 atom stereocenters. The first-order valence-corrected chi connectivity index (χ1v) is 22.6. The van der Waals surface area contributed by atoms with Gasteiger partial charge in [0.05, 0.1) is 45.2 Å². The lowest BCUT2D eigenvalue weighted by molar-refractivity contribution is -0.125. The van der Waals surface area contributed by atoms with Crippen LogP contribution in [0.5, 0.6) is 11.5 Å². The van der Waals surface area contributed by atoms with Gasteiger partial charge in [-0.1, -0.05) is 174 Å². The molecule has 2 fully saturated rings. The molecule has 5 aromatic rings. The third-order valence-electron chi connectivity index (χ3n) is 13.1. The van der Waals surface area contributed by atoms with Crippen LogP contribution < -0.4 is 9.47 Å². The highest BCUT2D eigenvalue weighted by Gasteiger charge is 2.83. The van der Waals surface area contributed by atoms with Gasteiger partial charge in [-0.2, -0.15) is 0 Å². The summed E-state index contributed by atoms with van der Waals surface area (Å²) in [4.78, 5) is 16.7. The van der Waals surface area contributed by atoms with Crippen molar-refractivity contribution in [3.8, 4) is 11.5 Å². The Morgan fingerprint density at radius 3 is 1.26 bits per heavy atom. The zero-order valence-electron chi connectivity index (χ0n) is 32.8. The van der Waals surface area contributed by atoms with Crippen molar-refractivity contribution < 1.29 is 19.0 Å². The van der Waals surface area contributed by atoms with Gasteiger partial charge in [0.1, 0.15) is 11.5 Å². The molecular weight excluding hydrogens is 836 g/mol. The topological polar surface area (TPSA) is 44.8 Å². The van der Waals surface area contributed by atoms with Crippen LogP contribution in [0.2, 0.25) is 0 Å². The molecule has 2 aliphatic heterocycles. The van der Waals surface area contributed by atoms with Crippen LogP contribution in [0.1, 0.15) is 111 Å². The number of fused-ring (bicyclic) bond motifs is 12. The molecule has 4 nitrogen and oxygen atoms in total. The summed E-state index contributed by atoms with van der Waals surface area (Å²) in [7, 11) is 0. The van der Waals surface area contributed by atoms with E-state index < -0.39 is 23.0 Å². The molecule has 0 spiro atoms. The lowest BCUT2D eigenvalue weighted by Gasteiger charge is -2.45. The normalized spacial score (nSPS) is 25.2. The Bertz CT molecular complexity index is 2120. The number of ketones is 1. The molecule has 1 saturated carbocycles. The largest absolute Gasteiger partial charge is 0.492 e. The van der Waals surface area contributed by atoms with Crippen LogP contribution in [0.4, 0.5) is 0 Å². The van der Waals surface area contributed by atoms with E-state index in [-0.39, 0.29) is 17.6 Å². The standard InChI is InChI=1S/C51H50Br2O4/c1-3-5-7-21-31-55-47-37-38(48(44(53)43(47)52)56-32-22-8-6-4-2)46-42-41(45(37)57-46)50(35-27-17-11-18-28-35)39(33-23-13-9-14-24-33)40(34-25-15-10-16-26-34)51(42,49(50)54)36-29-19-12-20-30-36/h9-20,23-30,41-42,45-46H,3-8,21-22,31-32H2,1-2H3/t41-,42+,45-,46+,50-,51+. The fraction of sp³-hybridized carbons (Fsp3) is 0.353. The van der Waals surface area contributed by atoms with E-state index in [1.54, 1.807) is 0 Å². The fourth-order valence-corrected chi connectivity index (χ4v) is 12.0. The average molecular weight is 887 g/mol. The lowest BCUT2D eigenvalue weighted by atomic mass is 9.54. The van der Waals surface area contributed by atoms with Crippen molar-refractivity contribution in [1.29, 1.82) is 0 Å². The number of halogens is 2. The summed E-state index contributed by atoms with van der Waals surface area (Å²) in [6.07, 6.45) is 8.00. The number of hydrogen-bond donors (Lipinski definition) is 0. The molecule has 0 amide bonds. The van der Waals surface area contributed by atoms with Gasteiger partial charge in [-0.25, -0.2) is 0 Å². The first-order chi connectivity index (χ1) is 28.0. The summed E-state index contributed by atoms with van der Waals surface area (Å²) >= 11 is 8.02. The molecule has 0 N–H and O–H groups in total. The first kappa shape index (κ1) is 38.5. The van der Waals surface area contributed by atoms with Crippen molar-refractivity contribution in [2.24, 2.45) is 11.8 Å². The predicted molar refractivity (Wildman–Crippen MR) is 236 cm³/mol. The molecule has 4 bridgehead atoms. The number of carbonyl (C=O) groups is 1. The molecule has 6 heteroatoms. The van der Waals surface area contributed by atoms with Crippen LogP contribution in [0.3, 0.4) is 0 Å². The van der Waals surface area contributed by atoms with Gasteiger partial charge in [0, 0.05) is 23.0 Å². The maximum absolute atomic E-state index is 16.7. The molecule has 0 unspecified atom stereocenters. The van der Waals surface area contributed by atoms with E-state index in [9.17, 15) is 0 Å². The molecule has 1 saturated heterocycles. The van der Waals surface area contributed by atoms with Crippen LogP contribution in [0.25, 0.3) is 11.1 Å². The fourth-order valence-electron chi connectivity index (χ4n) is 11.0. The summed E-state index contributed by atoms with van der Waals surface area (Å²) in [6.45, 7) is 5.67. The van der Waals surface area contributed by atoms with E-state index in [1.165, 1.54) is 12.8 Å². The highest BCUT2D eigenvalue weighted by molar-refractivity contribution is 9.13. The molecule has 2 heterocycles. The van der Waals surface area contributed by atoms with Crippen LogP contribution >= 0.6 is 31.9 Å². The van der Waals surface area contributed by atoms with Crippen molar-refractivity contribution in [3.05, 3.63) is 164 Å². The summed E-state index contributed by atoms with van der Waals surface area (Å²) in [6, 6.07) is 42.4. The van der Waals surface area contributed by atoms with Gasteiger partial charge in [-0.3, -0.25) is 4.79 Å². The minimum absolute atomic E-state index is 0.222. The van der Waals surface area contributed by atoms with Crippen molar-refractivity contribution in [2.75, 3.05) is 13.2 Å². The number of benzene rings is 5. The van der Waals surface area contributed by atoms with E-state index in [0.717, 1.165) is 103 Å². The van der Waals surface area contributed by atoms with Gasteiger partial charge in [0.15, 0.2) is 5.78 Å². The van der Waals surface area contributed by atoms with Gasteiger partial charge < -0.3 is 14.2 Å². The maximum Gasteiger partial charge on any atom is 0.163 e. The monoisotopic (exact) mass is 884 g/mol. The number of ether oxygens (including phenoxy) is 3. The predicted octanol–water partition coefficient (Wildman–Crippen LogP) is 13.6. The van der Waals surface area contributed by atoms with Crippen LogP contribution in [-0.4, -0.2) is 19.0 Å². The Morgan fingerprint density at radius 1 is 0.526 bits per heavy atom. The maximum atomic E-state index is 16.7. The van der Waals surface area contributed by atoms with Crippen LogP contribution in [0.15, 0.2) is 130 Å². The summed E-state index contributed by atoms with van der Waals surface area (Å²) in [5.41, 5.74) is 6.33. The van der Waals surface area contributed by atoms with E-state index in [0.29, 0.717) is 13.2 Å². The van der Waals surface area contributed by atoms with E-state index >= 15 is 4.79 Å². The number of rotatable bonds is 16. The number of carbonyl (C=O) groups excluding carboxylic acids is 1. The number of Topliss-reactive ketones (excluding diaryl/α,β-unsaturated/α-hetero) is 1. The van der Waals surface area contributed by atoms with Crippen LogP contribution in [-0.2, 0) is 20.4 Å². The minimum atomic E-state index is -1.02. The highest BCUT2D eigenvalue weighted by atomic mass is 79.9. The van der Waals surface area contributed by atoms with Crippen molar-refractivity contribution >= 4 is 48.8 Å². The first-order valence-electron chi connectivity index (χ1n) is 21.0. The SMILES string of the molecule is CCCCCCOc1c(Br)c(Br)c(OCCCCCC)c2c1[C@H]1O[C@@H]2[C@@H]2[C@H]1[C@]1(c3ccccc3)C(=O)[C@@]2(c2ccccc2)C(c2ccccc2)=C1c1ccccc1. The van der Waals surface area contributed by atoms with Crippen molar-refractivity contribution in [3.63, 3.8) is 0 Å². The molecule has 292 valence electrons. The molecule has 2 aliphatic carbocycles. The van der Waals surface area contributed by atoms with E-state index in [1.807, 2.05) is 0 Å². The van der Waals surface area contributed by atoms with Crippen molar-refractivity contribution in [2.45, 2.75) is 88.3 Å². The van der Waals surface area contributed by atoms with Gasteiger partial charge in [-0.05, 0) is 78.1 Å². The quantitative estimate of drug-likeness (QED) is 0.0926. The number of allylic oxidation sites excluding steroid dienone is 2. The Balaban J connectivity index is 1.35. The molecule has 4 aliphatic rings. The third-order valence-corrected chi connectivity index (χ3v) is 15.1. The molecule has 0 radical (unpaired) electrons. The second-order valence-corrected chi connectivity index (χ2v) is 17.7. The van der Waals surface area contributed by atoms with Gasteiger partial charge in [-0.15, -0.1) is 0 Å². The molecular formula is C51H50Br2O4. The van der Waals surface area contributed by atoms with Gasteiger partial charge in [0.25, 0.3) is 0 Å². The zero-order chi connectivity index (χ0) is 39.1.